The summed E-state index contributed by atoms with van der Waals surface area (Å²) in [6.45, 7) is 0. The molecular weight excluding hydrogens is 1510 g/mol. The van der Waals surface area contributed by atoms with Crippen molar-refractivity contribution >= 4 is 87.5 Å². The summed E-state index contributed by atoms with van der Waals surface area (Å²) >= 11 is 0. The van der Waals surface area contributed by atoms with E-state index in [9.17, 15) is 0 Å². The van der Waals surface area contributed by atoms with Crippen molar-refractivity contribution in [3.05, 3.63) is 437 Å². The second-order valence-corrected chi connectivity index (χ2v) is 31.1. The van der Waals surface area contributed by atoms with E-state index in [0.717, 1.165) is 199 Å². The third-order valence-corrected chi connectivity index (χ3v) is 23.7. The molecule has 0 aliphatic rings. The molecule has 0 saturated carbocycles. The van der Waals surface area contributed by atoms with E-state index < -0.39 is 0 Å². The van der Waals surface area contributed by atoms with Crippen LogP contribution in [0.2, 0.25) is 0 Å². The second kappa shape index (κ2) is 30.8. The average Bonchev–Trinajstić information content (AvgIpc) is 1.55. The Balaban J connectivity index is 0.000000143. The monoisotopic (exact) mass is 1580 g/mol. The van der Waals surface area contributed by atoms with Crippen LogP contribution in [-0.2, 0) is 0 Å². The Morgan fingerprint density at radius 1 is 0.169 bits per heavy atom. The minimum absolute atomic E-state index is 0.581. The lowest BCUT2D eigenvalue weighted by molar-refractivity contribution is 0.670. The van der Waals surface area contributed by atoms with Gasteiger partial charge in [0.2, 0.25) is 0 Å². The van der Waals surface area contributed by atoms with Crippen LogP contribution in [-0.4, -0.2) is 39.0 Å². The van der Waals surface area contributed by atoms with Gasteiger partial charge >= 0.3 is 0 Å². The van der Waals surface area contributed by atoms with Gasteiger partial charge in [0.05, 0.1) is 44.2 Å². The lowest BCUT2D eigenvalue weighted by atomic mass is 9.96. The van der Waals surface area contributed by atoms with Gasteiger partial charge in [-0.25, -0.2) is 29.9 Å². The van der Waals surface area contributed by atoms with Gasteiger partial charge in [-0.1, -0.05) is 358 Å². The zero-order chi connectivity index (χ0) is 82.0. The molecule has 0 amide bonds. The fourth-order valence-corrected chi connectivity index (χ4v) is 17.9. The van der Waals surface area contributed by atoms with Crippen molar-refractivity contribution in [3.8, 4) is 146 Å². The molecule has 0 N–H and O–H groups in total. The number of rotatable bonds is 14. The van der Waals surface area contributed by atoms with Crippen LogP contribution in [0.15, 0.2) is 446 Å². The Morgan fingerprint density at radius 2 is 0.435 bits per heavy atom. The number of furan rings is 2. The molecule has 18 aromatic carbocycles. The summed E-state index contributed by atoms with van der Waals surface area (Å²) in [6.07, 6.45) is 0. The highest BCUT2D eigenvalue weighted by molar-refractivity contribution is 6.27. The molecule has 6 heterocycles. The summed E-state index contributed by atoms with van der Waals surface area (Å²) in [5, 5.41) is 8.85. The Bertz CT molecular complexity index is 8020. The number of benzene rings is 18. The van der Waals surface area contributed by atoms with Gasteiger partial charge in [0.1, 0.15) is 22.3 Å². The van der Waals surface area contributed by atoms with Crippen LogP contribution in [0.25, 0.3) is 234 Å². The van der Waals surface area contributed by atoms with Crippen molar-refractivity contribution < 1.29 is 8.83 Å². The van der Waals surface area contributed by atoms with Crippen LogP contribution < -0.4 is 0 Å². The fourth-order valence-electron chi connectivity index (χ4n) is 17.9. The molecule has 0 unspecified atom stereocenters. The molecule has 0 fully saturated rings. The second-order valence-electron chi connectivity index (χ2n) is 31.1. The number of fused-ring (bicyclic) bond motifs is 14. The van der Waals surface area contributed by atoms with Gasteiger partial charge in [-0.3, -0.25) is 0 Å². The highest BCUT2D eigenvalue weighted by atomic mass is 16.3. The lowest BCUT2D eigenvalue weighted by Gasteiger charge is -2.15. The van der Waals surface area contributed by atoms with Crippen molar-refractivity contribution in [3.63, 3.8) is 0 Å². The van der Waals surface area contributed by atoms with Gasteiger partial charge in [-0.2, -0.15) is 0 Å². The van der Waals surface area contributed by atoms with E-state index in [0.29, 0.717) is 34.9 Å². The van der Waals surface area contributed by atoms with Crippen LogP contribution in [0.5, 0.6) is 0 Å². The topological polar surface area (TPSA) is 113 Å². The molecule has 0 aliphatic heterocycles. The standard InChI is InChI=1S/2C57H36N4O/c1-5-18-37(19-6-1)41-34-42(38-20-7-2-8-21-38)36-43(35-41)56-58-55(40-24-11-4-12-25-40)59-57(60-56)47-27-14-16-31-50(47)61-49-30-15-13-26-45(49)46-32-33-51-52(53(46)61)48-29-17-28-44(54(48)62-51)39-22-9-3-10-23-39;1-4-15-37(16-5-1)39-27-31-42(32-28-39)55-58-56(43-33-29-40(30-34-43)38-17-6-2-7-18-38)60-57(59-55)47-22-11-13-26-50(47)61-49-25-12-10-21-45(49)46-35-36-51-52(53(46)61)48-24-14-23-44(54(48)62-51)41-19-8-3-9-20-41/h2*1-36H. The predicted octanol–water partition coefficient (Wildman–Crippen LogP) is 29.7. The Kier molecular flexibility index (Phi) is 18.0. The predicted molar refractivity (Wildman–Crippen MR) is 508 cm³/mol. The van der Waals surface area contributed by atoms with Crippen molar-refractivity contribution in [2.45, 2.75) is 0 Å². The first-order valence-electron chi connectivity index (χ1n) is 41.7. The maximum atomic E-state index is 6.81. The van der Waals surface area contributed by atoms with Gasteiger partial charge in [0.15, 0.2) is 34.9 Å². The molecule has 0 radical (unpaired) electrons. The number of para-hydroxylation sites is 6. The van der Waals surface area contributed by atoms with E-state index in [1.165, 1.54) is 0 Å². The maximum absolute atomic E-state index is 6.81. The van der Waals surface area contributed by atoms with Crippen molar-refractivity contribution in [1.82, 2.24) is 39.0 Å². The minimum Gasteiger partial charge on any atom is -0.455 e. The van der Waals surface area contributed by atoms with Crippen LogP contribution >= 0.6 is 0 Å². The normalized spacial score (nSPS) is 11.5. The molecule has 24 aromatic rings. The molecule has 10 nitrogen and oxygen atoms in total. The third-order valence-electron chi connectivity index (χ3n) is 23.7. The SMILES string of the molecule is c1ccc(-c2cc(-c3ccccc3)cc(-c3nc(-c4ccccc4)nc(-c4ccccc4-n4c5ccccc5c5ccc6oc7c(-c8ccccc8)cccc7c6c54)n3)c2)cc1.c1ccc(-c2ccc(-c3nc(-c4ccc(-c5ccccc5)cc4)nc(-c4ccccc4-n4c5ccccc5c5ccc6oc7c(-c8ccccc8)cccc7c6c54)n3)cc2)cc1. The summed E-state index contributed by atoms with van der Waals surface area (Å²) in [6, 6.07) is 152. The largest absolute Gasteiger partial charge is 0.455 e. The van der Waals surface area contributed by atoms with E-state index in [1.54, 1.807) is 0 Å². The van der Waals surface area contributed by atoms with Gasteiger partial charge in [-0.15, -0.1) is 0 Å². The van der Waals surface area contributed by atoms with E-state index in [2.05, 4.69) is 391 Å². The van der Waals surface area contributed by atoms with E-state index in [-0.39, 0.29) is 0 Å². The molecular formula is C114H72N8O2. The van der Waals surface area contributed by atoms with Gasteiger partial charge in [-0.05, 0) is 134 Å². The number of aromatic nitrogens is 8. The first-order chi connectivity index (χ1) is 61.5. The summed E-state index contributed by atoms with van der Waals surface area (Å²) in [4.78, 5) is 31.6. The van der Waals surface area contributed by atoms with Crippen LogP contribution in [0.4, 0.5) is 0 Å². The Labute approximate surface area is 713 Å². The molecule has 124 heavy (non-hydrogen) atoms. The quantitative estimate of drug-likeness (QED) is 0.106. The van der Waals surface area contributed by atoms with Gasteiger partial charge in [0, 0.05) is 76.8 Å². The Hall–Kier alpha value is -16.8. The third kappa shape index (κ3) is 12.9. The van der Waals surface area contributed by atoms with Crippen LogP contribution in [0, 0.1) is 0 Å². The molecule has 6 aromatic heterocycles. The highest BCUT2D eigenvalue weighted by Gasteiger charge is 2.27. The molecule has 0 atom stereocenters. The van der Waals surface area contributed by atoms with Crippen molar-refractivity contribution in [1.29, 1.82) is 0 Å². The number of hydrogen-bond donors (Lipinski definition) is 0. The van der Waals surface area contributed by atoms with E-state index in [1.807, 2.05) is 54.6 Å². The van der Waals surface area contributed by atoms with E-state index >= 15 is 0 Å². The Morgan fingerprint density at radius 3 is 0.823 bits per heavy atom. The first-order valence-corrected chi connectivity index (χ1v) is 41.7. The van der Waals surface area contributed by atoms with Gasteiger partial charge < -0.3 is 18.0 Å². The molecule has 0 spiro atoms. The summed E-state index contributed by atoms with van der Waals surface area (Å²) < 4.78 is 18.4. The van der Waals surface area contributed by atoms with Crippen LogP contribution in [0.1, 0.15) is 0 Å². The lowest BCUT2D eigenvalue weighted by Crippen LogP contribution is -2.04. The summed E-state index contributed by atoms with van der Waals surface area (Å²) in [7, 11) is 0. The smallest absolute Gasteiger partial charge is 0.166 e. The van der Waals surface area contributed by atoms with Gasteiger partial charge in [0.25, 0.3) is 0 Å². The zero-order valence-electron chi connectivity index (χ0n) is 67.0. The molecule has 0 bridgehead atoms. The molecule has 580 valence electrons. The van der Waals surface area contributed by atoms with Crippen molar-refractivity contribution in [2.24, 2.45) is 0 Å². The molecule has 24 rings (SSSR count). The molecule has 10 heteroatoms. The molecule has 0 saturated heterocycles. The summed E-state index contributed by atoms with van der Waals surface area (Å²) in [5.74, 6) is 3.57. The average molecular weight is 1590 g/mol. The first kappa shape index (κ1) is 72.4. The fraction of sp³-hybridized carbons (Fsp3) is 0. The zero-order valence-corrected chi connectivity index (χ0v) is 67.0. The van der Waals surface area contributed by atoms with E-state index in [4.69, 9.17) is 38.7 Å². The summed E-state index contributed by atoms with van der Waals surface area (Å²) in [5.41, 5.74) is 28.4. The number of hydrogen-bond acceptors (Lipinski definition) is 8. The maximum Gasteiger partial charge on any atom is 0.166 e. The van der Waals surface area contributed by atoms with Crippen LogP contribution in [0.3, 0.4) is 0 Å². The minimum atomic E-state index is 0.581. The van der Waals surface area contributed by atoms with Crippen molar-refractivity contribution in [2.75, 3.05) is 0 Å². The molecule has 0 aliphatic carbocycles. The highest BCUT2D eigenvalue weighted by Crippen LogP contribution is 2.48. The number of nitrogens with zero attached hydrogens (tertiary/aromatic N) is 8.